The van der Waals surface area contributed by atoms with Crippen LogP contribution in [0.5, 0.6) is 0 Å². The predicted molar refractivity (Wildman–Crippen MR) is 101 cm³/mol. The minimum Gasteiger partial charge on any atom is -0.379 e. The van der Waals surface area contributed by atoms with Gasteiger partial charge in [-0.3, -0.25) is 0 Å². The van der Waals surface area contributed by atoms with Gasteiger partial charge in [-0.25, -0.2) is 9.97 Å². The van der Waals surface area contributed by atoms with Gasteiger partial charge in [0.15, 0.2) is 0 Å². The predicted octanol–water partition coefficient (Wildman–Crippen LogP) is 4.76. The molecule has 1 saturated carbocycles. The molecule has 1 N–H and O–H groups in total. The van der Waals surface area contributed by atoms with Gasteiger partial charge < -0.3 is 9.72 Å². The number of aryl methyl sites for hydroxylation is 1. The minimum absolute atomic E-state index is 0.620. The second kappa shape index (κ2) is 6.73. The van der Waals surface area contributed by atoms with Crippen molar-refractivity contribution < 1.29 is 0 Å². The number of aromatic nitrogens is 3. The lowest BCUT2D eigenvalue weighted by Gasteiger charge is -2.06. The summed E-state index contributed by atoms with van der Waals surface area (Å²) < 4.78 is 2.98. The number of hydrogen-bond acceptors (Lipinski definition) is 3. The van der Waals surface area contributed by atoms with Crippen molar-refractivity contribution in [2.24, 2.45) is 0 Å². The summed E-state index contributed by atoms with van der Waals surface area (Å²) in [5.74, 6) is 1.34. The number of nitrogens with zero attached hydrogens (tertiary/aromatic N) is 3. The molecule has 0 atom stereocenters. The van der Waals surface area contributed by atoms with Gasteiger partial charge in [-0.15, -0.1) is 11.6 Å². The summed E-state index contributed by atoms with van der Waals surface area (Å²) >= 11 is 9.37. The summed E-state index contributed by atoms with van der Waals surface area (Å²) in [6, 6.07) is 6.20. The molecule has 0 amide bonds. The third kappa shape index (κ3) is 3.42. The number of rotatable bonds is 6. The Morgan fingerprint density at radius 3 is 2.92 bits per heavy atom. The van der Waals surface area contributed by atoms with E-state index in [0.717, 1.165) is 34.0 Å². The van der Waals surface area contributed by atoms with E-state index in [1.807, 2.05) is 12.1 Å². The van der Waals surface area contributed by atoms with E-state index in [2.05, 4.69) is 49.1 Å². The first-order chi connectivity index (χ1) is 11.7. The van der Waals surface area contributed by atoms with E-state index in [1.165, 1.54) is 24.0 Å². The van der Waals surface area contributed by atoms with E-state index < -0.39 is 0 Å². The van der Waals surface area contributed by atoms with E-state index in [0.29, 0.717) is 12.4 Å². The maximum absolute atomic E-state index is 5.99. The molecule has 1 aliphatic rings. The van der Waals surface area contributed by atoms with Crippen LogP contribution in [0.15, 0.2) is 41.4 Å². The molecule has 3 heterocycles. The number of pyridine rings is 2. The van der Waals surface area contributed by atoms with E-state index in [9.17, 15) is 0 Å². The largest absolute Gasteiger partial charge is 0.379 e. The van der Waals surface area contributed by atoms with Crippen molar-refractivity contribution in [2.45, 2.75) is 31.7 Å². The Hall–Kier alpha value is -1.59. The second-order valence-electron chi connectivity index (χ2n) is 6.20. The van der Waals surface area contributed by atoms with Gasteiger partial charge in [-0.1, -0.05) is 6.07 Å². The topological polar surface area (TPSA) is 42.2 Å². The Balaban J connectivity index is 1.60. The van der Waals surface area contributed by atoms with Crippen molar-refractivity contribution in [2.75, 3.05) is 11.2 Å². The molecule has 4 rings (SSSR count). The third-order valence-corrected chi connectivity index (χ3v) is 4.93. The number of halogens is 2. The average Bonchev–Trinajstić information content (AvgIpc) is 3.33. The summed E-state index contributed by atoms with van der Waals surface area (Å²) in [4.78, 5) is 8.94. The second-order valence-corrected chi connectivity index (χ2v) is 7.39. The van der Waals surface area contributed by atoms with Gasteiger partial charge >= 0.3 is 0 Å². The number of anilines is 1. The van der Waals surface area contributed by atoms with Crippen molar-refractivity contribution in [1.82, 2.24) is 14.4 Å². The zero-order valence-electron chi connectivity index (χ0n) is 13.2. The van der Waals surface area contributed by atoms with Crippen LogP contribution >= 0.6 is 27.5 Å². The Morgan fingerprint density at radius 1 is 1.29 bits per heavy atom. The highest BCUT2D eigenvalue weighted by atomic mass is 79.9. The van der Waals surface area contributed by atoms with Crippen molar-refractivity contribution >= 4 is 38.9 Å². The molecule has 24 heavy (non-hydrogen) atoms. The first-order valence-electron chi connectivity index (χ1n) is 8.15. The van der Waals surface area contributed by atoms with Gasteiger partial charge in [0.25, 0.3) is 0 Å². The fourth-order valence-electron chi connectivity index (χ4n) is 2.96. The Labute approximate surface area is 154 Å². The minimum atomic E-state index is 0.620. The molecule has 3 aromatic rings. The highest BCUT2D eigenvalue weighted by Gasteiger charge is 2.25. The first kappa shape index (κ1) is 15.9. The van der Waals surface area contributed by atoms with E-state index in [-0.39, 0.29) is 0 Å². The molecular weight excluding hydrogens is 388 g/mol. The van der Waals surface area contributed by atoms with Crippen LogP contribution in [0.25, 0.3) is 5.65 Å². The fourth-order valence-corrected chi connectivity index (χ4v) is 3.53. The molecule has 0 radical (unpaired) electrons. The molecule has 0 aromatic carbocycles. The number of nitrogens with one attached hydrogen (secondary N) is 1. The van der Waals surface area contributed by atoms with Crippen LogP contribution in [-0.2, 0) is 13.0 Å². The van der Waals surface area contributed by atoms with Crippen LogP contribution in [0.4, 0.5) is 5.69 Å². The summed E-state index contributed by atoms with van der Waals surface area (Å²) in [6.45, 7) is 0.678. The summed E-state index contributed by atoms with van der Waals surface area (Å²) in [6.07, 6.45) is 9.56. The lowest BCUT2D eigenvalue weighted by atomic mass is 10.1. The maximum atomic E-state index is 5.99. The lowest BCUT2D eigenvalue weighted by molar-refractivity contribution is 1.02. The molecule has 0 bridgehead atoms. The SMILES string of the molecule is ClCCc1cc(C2CC2)cn2cc(CNc3ccnc(Br)c3)nc12. The van der Waals surface area contributed by atoms with Gasteiger partial charge in [0.2, 0.25) is 0 Å². The number of fused-ring (bicyclic) bond motifs is 1. The Kier molecular flexibility index (Phi) is 4.46. The smallest absolute Gasteiger partial charge is 0.140 e. The Bertz CT molecular complexity index is 873. The highest BCUT2D eigenvalue weighted by molar-refractivity contribution is 9.10. The van der Waals surface area contributed by atoms with Crippen LogP contribution in [0.2, 0.25) is 0 Å². The molecule has 6 heteroatoms. The fraction of sp³-hybridized carbons (Fsp3) is 0.333. The summed E-state index contributed by atoms with van der Waals surface area (Å²) in [5.41, 5.74) is 5.72. The molecule has 0 unspecified atom stereocenters. The van der Waals surface area contributed by atoms with Crippen molar-refractivity contribution in [3.63, 3.8) is 0 Å². The molecule has 3 aromatic heterocycles. The van der Waals surface area contributed by atoms with Crippen LogP contribution in [0.3, 0.4) is 0 Å². The number of hydrogen-bond donors (Lipinski definition) is 1. The van der Waals surface area contributed by atoms with Gasteiger partial charge in [0.05, 0.1) is 12.2 Å². The van der Waals surface area contributed by atoms with Crippen molar-refractivity contribution in [3.05, 3.63) is 58.2 Å². The van der Waals surface area contributed by atoms with Crippen LogP contribution in [0, 0.1) is 0 Å². The lowest BCUT2D eigenvalue weighted by Crippen LogP contribution is -1.99. The molecule has 0 saturated heterocycles. The first-order valence-corrected chi connectivity index (χ1v) is 9.47. The molecule has 0 aliphatic heterocycles. The van der Waals surface area contributed by atoms with E-state index in [4.69, 9.17) is 16.6 Å². The molecule has 4 nitrogen and oxygen atoms in total. The van der Waals surface area contributed by atoms with Crippen molar-refractivity contribution in [1.29, 1.82) is 0 Å². The quantitative estimate of drug-likeness (QED) is 0.475. The van der Waals surface area contributed by atoms with Crippen molar-refractivity contribution in [3.8, 4) is 0 Å². The number of imidazole rings is 1. The molecular formula is C18H18BrClN4. The number of alkyl halides is 1. The monoisotopic (exact) mass is 404 g/mol. The Morgan fingerprint density at radius 2 is 2.17 bits per heavy atom. The van der Waals surface area contributed by atoms with E-state index >= 15 is 0 Å². The standard InChI is InChI=1S/C18H18BrClN4/c19-17-8-15(4-6-21-17)22-9-16-11-24-10-14(12-1-2-12)7-13(3-5-20)18(24)23-16/h4,6-8,10-12H,1-3,5,9H2,(H,21,22). The van der Waals surface area contributed by atoms with Gasteiger partial charge in [0.1, 0.15) is 10.3 Å². The van der Waals surface area contributed by atoms with Crippen LogP contribution in [-0.4, -0.2) is 20.2 Å². The third-order valence-electron chi connectivity index (χ3n) is 4.31. The van der Waals surface area contributed by atoms with Crippen LogP contribution in [0.1, 0.15) is 35.6 Å². The van der Waals surface area contributed by atoms with Gasteiger partial charge in [0, 0.05) is 30.2 Å². The molecule has 1 fully saturated rings. The van der Waals surface area contributed by atoms with Crippen LogP contribution < -0.4 is 5.32 Å². The zero-order chi connectivity index (χ0) is 16.5. The molecule has 1 aliphatic carbocycles. The molecule has 124 valence electrons. The van der Waals surface area contributed by atoms with Gasteiger partial charge in [-0.05, 0) is 64.4 Å². The summed E-state index contributed by atoms with van der Waals surface area (Å²) in [7, 11) is 0. The average molecular weight is 406 g/mol. The molecule has 0 spiro atoms. The maximum Gasteiger partial charge on any atom is 0.140 e. The highest BCUT2D eigenvalue weighted by Crippen LogP contribution is 2.40. The summed E-state index contributed by atoms with van der Waals surface area (Å²) in [5, 5.41) is 3.39. The zero-order valence-corrected chi connectivity index (χ0v) is 15.5. The normalized spacial score (nSPS) is 14.2. The van der Waals surface area contributed by atoms with Gasteiger partial charge in [-0.2, -0.15) is 0 Å². The van der Waals surface area contributed by atoms with E-state index in [1.54, 1.807) is 6.20 Å².